The Morgan fingerprint density at radius 3 is 2.79 bits per heavy atom. The van der Waals surface area contributed by atoms with Crippen molar-refractivity contribution in [3.8, 4) is 5.75 Å². The Kier molecular flexibility index (Phi) is 4.69. The van der Waals surface area contributed by atoms with Crippen LogP contribution in [0.4, 0.5) is 5.95 Å². The number of aromatic nitrogens is 2. The molecule has 2 saturated heterocycles. The average Bonchev–Trinajstić information content (AvgIpc) is 3.01. The highest BCUT2D eigenvalue weighted by Crippen LogP contribution is 2.44. The molecule has 0 spiro atoms. The number of aliphatic hydroxyl groups is 1. The predicted octanol–water partition coefficient (Wildman–Crippen LogP) is 2.65. The molecule has 6 heteroatoms. The Morgan fingerprint density at radius 1 is 1.11 bits per heavy atom. The molecule has 3 atom stereocenters. The number of anilines is 1. The quantitative estimate of drug-likeness (QED) is 0.850. The fraction of sp³-hybridized carbons (Fsp3) is 0.545. The second-order valence-electron chi connectivity index (χ2n) is 8.50. The maximum absolute atomic E-state index is 9.53. The van der Waals surface area contributed by atoms with Crippen LogP contribution in [0.3, 0.4) is 0 Å². The monoisotopic (exact) mass is 380 g/mol. The van der Waals surface area contributed by atoms with Gasteiger partial charge in [0.25, 0.3) is 0 Å². The zero-order chi connectivity index (χ0) is 19.1. The van der Waals surface area contributed by atoms with Gasteiger partial charge < -0.3 is 15.1 Å². The zero-order valence-corrected chi connectivity index (χ0v) is 16.2. The van der Waals surface area contributed by atoms with Gasteiger partial charge in [0.2, 0.25) is 5.95 Å². The maximum atomic E-state index is 9.53. The van der Waals surface area contributed by atoms with E-state index in [0.717, 1.165) is 51.3 Å². The van der Waals surface area contributed by atoms with E-state index >= 15 is 0 Å². The summed E-state index contributed by atoms with van der Waals surface area (Å²) in [5.41, 5.74) is 3.73. The molecule has 0 radical (unpaired) electrons. The van der Waals surface area contributed by atoms with Gasteiger partial charge in [0.1, 0.15) is 5.75 Å². The molecule has 2 N–H and O–H groups in total. The van der Waals surface area contributed by atoms with Crippen molar-refractivity contribution in [2.45, 2.75) is 50.7 Å². The number of phenolic OH excluding ortho intramolecular Hbond substituents is 1. The fourth-order valence-electron chi connectivity index (χ4n) is 5.17. The molecule has 0 amide bonds. The van der Waals surface area contributed by atoms with Crippen molar-refractivity contribution in [2.75, 3.05) is 24.6 Å². The van der Waals surface area contributed by atoms with Crippen LogP contribution in [0.1, 0.15) is 48.5 Å². The first kappa shape index (κ1) is 17.9. The second kappa shape index (κ2) is 7.33. The molecule has 28 heavy (non-hydrogen) atoms. The molecule has 0 saturated carbocycles. The summed E-state index contributed by atoms with van der Waals surface area (Å²) in [7, 11) is 0. The van der Waals surface area contributed by atoms with E-state index in [0.29, 0.717) is 23.8 Å². The highest BCUT2D eigenvalue weighted by atomic mass is 16.3. The van der Waals surface area contributed by atoms with Crippen LogP contribution in [0.15, 0.2) is 30.5 Å². The molecule has 6 nitrogen and oxygen atoms in total. The molecule has 0 aliphatic carbocycles. The number of phenols is 1. The summed E-state index contributed by atoms with van der Waals surface area (Å²) in [6, 6.07) is 8.48. The molecule has 2 aromatic rings. The maximum Gasteiger partial charge on any atom is 0.225 e. The average molecular weight is 380 g/mol. The molecule has 148 valence electrons. The largest absolute Gasteiger partial charge is 0.508 e. The molecular formula is C22H28N4O2. The molecule has 2 fully saturated rings. The first-order valence-electron chi connectivity index (χ1n) is 10.5. The molecule has 3 aliphatic rings. The van der Waals surface area contributed by atoms with E-state index in [9.17, 15) is 10.2 Å². The smallest absolute Gasteiger partial charge is 0.225 e. The van der Waals surface area contributed by atoms with E-state index in [1.165, 1.54) is 23.2 Å². The lowest BCUT2D eigenvalue weighted by Crippen LogP contribution is -2.40. The van der Waals surface area contributed by atoms with Crippen molar-refractivity contribution in [3.63, 3.8) is 0 Å². The topological polar surface area (TPSA) is 72.7 Å². The van der Waals surface area contributed by atoms with Gasteiger partial charge in [-0.2, -0.15) is 0 Å². The van der Waals surface area contributed by atoms with Crippen LogP contribution in [0.5, 0.6) is 5.75 Å². The normalized spacial score (nSPS) is 27.0. The highest BCUT2D eigenvalue weighted by molar-refractivity contribution is 5.38. The zero-order valence-electron chi connectivity index (χ0n) is 16.2. The van der Waals surface area contributed by atoms with Crippen LogP contribution < -0.4 is 4.90 Å². The summed E-state index contributed by atoms with van der Waals surface area (Å²) < 4.78 is 0. The van der Waals surface area contributed by atoms with E-state index in [1.807, 2.05) is 12.1 Å². The molecular weight excluding hydrogens is 352 g/mol. The Hall–Kier alpha value is -2.18. The number of rotatable bonds is 4. The molecule has 5 rings (SSSR count). The van der Waals surface area contributed by atoms with Crippen molar-refractivity contribution in [2.24, 2.45) is 5.92 Å². The summed E-state index contributed by atoms with van der Waals surface area (Å²) in [6.07, 6.45) is 7.58. The Balaban J connectivity index is 1.36. The van der Waals surface area contributed by atoms with E-state index in [1.54, 1.807) is 12.1 Å². The fourth-order valence-corrected chi connectivity index (χ4v) is 5.17. The number of hydrogen-bond acceptors (Lipinski definition) is 6. The Morgan fingerprint density at radius 2 is 1.96 bits per heavy atom. The van der Waals surface area contributed by atoms with Crippen LogP contribution in [0.2, 0.25) is 0 Å². The van der Waals surface area contributed by atoms with Gasteiger partial charge in [-0.15, -0.1) is 0 Å². The number of benzene rings is 1. The summed E-state index contributed by atoms with van der Waals surface area (Å²) in [5.74, 6) is 1.49. The summed E-state index contributed by atoms with van der Waals surface area (Å²) in [5, 5.41) is 19.0. The highest BCUT2D eigenvalue weighted by Gasteiger charge is 2.41. The van der Waals surface area contributed by atoms with Crippen LogP contribution in [0.25, 0.3) is 0 Å². The molecule has 4 heterocycles. The molecule has 1 aromatic heterocycles. The van der Waals surface area contributed by atoms with Gasteiger partial charge in [-0.25, -0.2) is 9.97 Å². The summed E-state index contributed by atoms with van der Waals surface area (Å²) >= 11 is 0. The number of nitrogens with zero attached hydrogens (tertiary/aromatic N) is 4. The minimum absolute atomic E-state index is 0.248. The van der Waals surface area contributed by atoms with Crippen LogP contribution in [-0.2, 0) is 13.0 Å². The Bertz CT molecular complexity index is 841. The lowest BCUT2D eigenvalue weighted by atomic mass is 9.98. The predicted molar refractivity (Wildman–Crippen MR) is 107 cm³/mol. The standard InChI is InChI=1S/C22H28N4O2/c27-14-16-2-1-9-25(12-16)22-23-11-19-20(24-22)10-17-5-8-21(19)26(17)13-15-3-6-18(28)7-4-15/h3-4,6-7,11,16-17,21,27-28H,1-2,5,8-10,12-14H2/t16-,17+,21+/m0/s1. The van der Waals surface area contributed by atoms with Crippen molar-refractivity contribution < 1.29 is 10.2 Å². The second-order valence-corrected chi connectivity index (χ2v) is 8.50. The molecule has 2 bridgehead atoms. The van der Waals surface area contributed by atoms with Gasteiger partial charge in [-0.3, -0.25) is 4.90 Å². The van der Waals surface area contributed by atoms with Crippen LogP contribution in [-0.4, -0.2) is 50.8 Å². The third kappa shape index (κ3) is 3.25. The van der Waals surface area contributed by atoms with Crippen molar-refractivity contribution >= 4 is 5.95 Å². The summed E-state index contributed by atoms with van der Waals surface area (Å²) in [4.78, 5) is 14.5. The van der Waals surface area contributed by atoms with E-state index in [2.05, 4.69) is 16.0 Å². The van der Waals surface area contributed by atoms with Gasteiger partial charge in [0.05, 0.1) is 5.69 Å². The van der Waals surface area contributed by atoms with Gasteiger partial charge >= 0.3 is 0 Å². The number of piperidine rings is 1. The van der Waals surface area contributed by atoms with E-state index < -0.39 is 0 Å². The van der Waals surface area contributed by atoms with Gasteiger partial charge in [0.15, 0.2) is 0 Å². The lowest BCUT2D eigenvalue weighted by molar-refractivity contribution is 0.166. The lowest BCUT2D eigenvalue weighted by Gasteiger charge is -2.37. The molecule has 3 aliphatic heterocycles. The van der Waals surface area contributed by atoms with E-state index in [4.69, 9.17) is 9.97 Å². The van der Waals surface area contributed by atoms with Gasteiger partial charge in [-0.05, 0) is 49.3 Å². The van der Waals surface area contributed by atoms with Gasteiger partial charge in [0, 0.05) is 56.5 Å². The van der Waals surface area contributed by atoms with Crippen LogP contribution in [0, 0.1) is 5.92 Å². The van der Waals surface area contributed by atoms with E-state index in [-0.39, 0.29) is 6.61 Å². The summed E-state index contributed by atoms with van der Waals surface area (Å²) in [6.45, 7) is 2.99. The molecule has 1 aromatic carbocycles. The first-order valence-corrected chi connectivity index (χ1v) is 10.5. The number of hydrogen-bond donors (Lipinski definition) is 2. The van der Waals surface area contributed by atoms with Crippen molar-refractivity contribution in [1.82, 2.24) is 14.9 Å². The third-order valence-corrected chi connectivity index (χ3v) is 6.68. The minimum Gasteiger partial charge on any atom is -0.508 e. The number of aromatic hydroxyl groups is 1. The van der Waals surface area contributed by atoms with Crippen molar-refractivity contribution in [1.29, 1.82) is 0 Å². The minimum atomic E-state index is 0.248. The van der Waals surface area contributed by atoms with Gasteiger partial charge in [-0.1, -0.05) is 12.1 Å². The number of aliphatic hydroxyl groups excluding tert-OH is 1. The van der Waals surface area contributed by atoms with Crippen LogP contribution >= 0.6 is 0 Å². The SMILES string of the molecule is OC[C@H]1CCCN(c2ncc3c(n2)C[C@H]2CC[C@H]3N2Cc2ccc(O)cc2)C1. The number of fused-ring (bicyclic) bond motifs is 4. The van der Waals surface area contributed by atoms with Crippen molar-refractivity contribution in [3.05, 3.63) is 47.3 Å². The Labute approximate surface area is 165 Å². The first-order chi connectivity index (χ1) is 13.7. The molecule has 0 unspecified atom stereocenters. The third-order valence-electron chi connectivity index (χ3n) is 6.68.